The van der Waals surface area contributed by atoms with Crippen molar-refractivity contribution in [1.82, 2.24) is 4.57 Å². The third-order valence-corrected chi connectivity index (χ3v) is 4.41. The summed E-state index contributed by atoms with van der Waals surface area (Å²) in [6.07, 6.45) is 6.14. The van der Waals surface area contributed by atoms with Gasteiger partial charge in [-0.15, -0.1) is 6.58 Å². The lowest BCUT2D eigenvalue weighted by Gasteiger charge is -2.31. The summed E-state index contributed by atoms with van der Waals surface area (Å²) in [5.41, 5.74) is 2.29. The van der Waals surface area contributed by atoms with Crippen molar-refractivity contribution in [3.8, 4) is 0 Å². The molecule has 20 heavy (non-hydrogen) atoms. The van der Waals surface area contributed by atoms with Gasteiger partial charge in [0.2, 0.25) is 0 Å². The third kappa shape index (κ3) is 1.83. The molecule has 1 aromatic carbocycles. The first-order chi connectivity index (χ1) is 9.60. The minimum absolute atomic E-state index is 0.670. The largest absolute Gasteiger partial charge is 0.379 e. The summed E-state index contributed by atoms with van der Waals surface area (Å²) in [6.45, 7) is 8.33. The van der Waals surface area contributed by atoms with Crippen LogP contribution in [0.5, 0.6) is 0 Å². The molecule has 0 fully saturated rings. The van der Waals surface area contributed by atoms with Crippen molar-refractivity contribution in [3.05, 3.63) is 59.8 Å². The topological polar surface area (TPSA) is 25.2 Å². The van der Waals surface area contributed by atoms with E-state index in [0.29, 0.717) is 13.0 Å². The van der Waals surface area contributed by atoms with Crippen LogP contribution in [-0.2, 0) is 18.6 Å². The van der Waals surface area contributed by atoms with Crippen LogP contribution in [-0.4, -0.2) is 9.67 Å². The first kappa shape index (κ1) is 13.5. The number of fused-ring (bicyclic) bond motifs is 3. The van der Waals surface area contributed by atoms with Crippen molar-refractivity contribution >= 4 is 22.5 Å². The van der Waals surface area contributed by atoms with Crippen LogP contribution in [0.2, 0.25) is 5.02 Å². The van der Waals surface area contributed by atoms with E-state index in [4.69, 9.17) is 11.6 Å². The maximum absolute atomic E-state index is 10.9. The number of benzene rings is 1. The Balaban J connectivity index is 2.41. The predicted octanol–water partition coefficient (Wildman–Crippen LogP) is 4.19. The Morgan fingerprint density at radius 1 is 1.40 bits per heavy atom. The summed E-state index contributed by atoms with van der Waals surface area (Å²) in [5, 5.41) is 12.8. The number of rotatable bonds is 3. The molecule has 2 aromatic rings. The number of halogens is 1. The highest BCUT2D eigenvalue weighted by molar-refractivity contribution is 6.31. The van der Waals surface area contributed by atoms with Crippen LogP contribution in [0.25, 0.3) is 10.9 Å². The maximum atomic E-state index is 10.9. The van der Waals surface area contributed by atoms with Crippen LogP contribution in [0, 0.1) is 0 Å². The fourth-order valence-electron chi connectivity index (χ4n) is 3.31. The second-order valence-electron chi connectivity index (χ2n) is 5.37. The molecule has 0 aliphatic heterocycles. The molecular formula is C17H18ClNO. The van der Waals surface area contributed by atoms with Crippen LogP contribution in [0.3, 0.4) is 0 Å². The van der Waals surface area contributed by atoms with Crippen molar-refractivity contribution in [2.24, 2.45) is 0 Å². The minimum atomic E-state index is -0.956. The zero-order chi connectivity index (χ0) is 14.3. The van der Waals surface area contributed by atoms with E-state index in [-0.39, 0.29) is 0 Å². The lowest BCUT2D eigenvalue weighted by Crippen LogP contribution is -2.30. The Hall–Kier alpha value is -1.51. The average Bonchev–Trinajstić information content (AvgIpc) is 2.75. The van der Waals surface area contributed by atoms with Crippen LogP contribution in [0.4, 0.5) is 0 Å². The molecule has 0 bridgehead atoms. The SMILES string of the molecule is C=CCn1c2c(c3cc(Cl)ccc31)CCCC2(O)C=C. The van der Waals surface area contributed by atoms with Gasteiger partial charge < -0.3 is 9.67 Å². The zero-order valence-corrected chi connectivity index (χ0v) is 12.2. The lowest BCUT2D eigenvalue weighted by molar-refractivity contribution is 0.0627. The summed E-state index contributed by atoms with van der Waals surface area (Å²) in [4.78, 5) is 0. The van der Waals surface area contributed by atoms with Crippen LogP contribution in [0.15, 0.2) is 43.5 Å². The van der Waals surface area contributed by atoms with Crippen molar-refractivity contribution in [2.75, 3.05) is 0 Å². The first-order valence-corrected chi connectivity index (χ1v) is 7.26. The van der Waals surface area contributed by atoms with E-state index in [2.05, 4.69) is 17.7 Å². The smallest absolute Gasteiger partial charge is 0.123 e. The highest BCUT2D eigenvalue weighted by Gasteiger charge is 2.36. The summed E-state index contributed by atoms with van der Waals surface area (Å²) in [7, 11) is 0. The summed E-state index contributed by atoms with van der Waals surface area (Å²) in [5.74, 6) is 0. The van der Waals surface area contributed by atoms with Gasteiger partial charge in [-0.2, -0.15) is 0 Å². The molecule has 1 atom stereocenters. The standard InChI is InChI=1S/C17H18ClNO/c1-3-10-19-15-8-7-12(18)11-14(15)13-6-5-9-17(20,4-2)16(13)19/h3-4,7-8,11,20H,1-2,5-6,9-10H2. The van der Waals surface area contributed by atoms with Gasteiger partial charge in [0.15, 0.2) is 0 Å². The molecule has 0 radical (unpaired) electrons. The molecule has 1 unspecified atom stereocenters. The van der Waals surface area contributed by atoms with E-state index in [1.807, 2.05) is 24.3 Å². The molecular weight excluding hydrogens is 270 g/mol. The van der Waals surface area contributed by atoms with Crippen molar-refractivity contribution in [2.45, 2.75) is 31.4 Å². The van der Waals surface area contributed by atoms with Crippen molar-refractivity contribution in [1.29, 1.82) is 0 Å². The molecule has 0 amide bonds. The number of aliphatic hydroxyl groups is 1. The number of aryl methyl sites for hydroxylation is 1. The Morgan fingerprint density at radius 2 is 2.20 bits per heavy atom. The molecule has 0 spiro atoms. The number of allylic oxidation sites excluding steroid dienone is 1. The minimum Gasteiger partial charge on any atom is -0.379 e. The molecule has 1 N–H and O–H groups in total. The maximum Gasteiger partial charge on any atom is 0.123 e. The quantitative estimate of drug-likeness (QED) is 0.841. The monoisotopic (exact) mass is 287 g/mol. The average molecular weight is 288 g/mol. The number of nitrogens with zero attached hydrogens (tertiary/aromatic N) is 1. The molecule has 1 aliphatic rings. The second-order valence-corrected chi connectivity index (χ2v) is 5.81. The van der Waals surface area contributed by atoms with Gasteiger partial charge >= 0.3 is 0 Å². The van der Waals surface area contributed by atoms with E-state index in [0.717, 1.165) is 34.5 Å². The second kappa shape index (κ2) is 4.80. The normalized spacial score (nSPS) is 21.7. The van der Waals surface area contributed by atoms with Gasteiger partial charge in [-0.05, 0) is 43.0 Å². The predicted molar refractivity (Wildman–Crippen MR) is 84.2 cm³/mol. The van der Waals surface area contributed by atoms with E-state index in [9.17, 15) is 5.11 Å². The Bertz CT molecular complexity index is 701. The zero-order valence-electron chi connectivity index (χ0n) is 11.4. The summed E-state index contributed by atoms with van der Waals surface area (Å²) < 4.78 is 2.13. The molecule has 0 saturated heterocycles. The molecule has 3 rings (SSSR count). The Morgan fingerprint density at radius 3 is 2.90 bits per heavy atom. The molecule has 2 nitrogen and oxygen atoms in total. The van der Waals surface area contributed by atoms with Gasteiger partial charge in [-0.3, -0.25) is 0 Å². The van der Waals surface area contributed by atoms with Crippen molar-refractivity contribution < 1.29 is 5.11 Å². The van der Waals surface area contributed by atoms with Crippen LogP contribution in [0.1, 0.15) is 24.1 Å². The van der Waals surface area contributed by atoms with Gasteiger partial charge in [-0.25, -0.2) is 0 Å². The Labute approximate surface area is 124 Å². The number of hydrogen-bond donors (Lipinski definition) is 1. The third-order valence-electron chi connectivity index (χ3n) is 4.17. The lowest BCUT2D eigenvalue weighted by atomic mass is 9.83. The first-order valence-electron chi connectivity index (χ1n) is 6.88. The summed E-state index contributed by atoms with van der Waals surface area (Å²) >= 11 is 6.14. The van der Waals surface area contributed by atoms with E-state index in [1.54, 1.807) is 6.08 Å². The molecule has 104 valence electrons. The van der Waals surface area contributed by atoms with Crippen LogP contribution < -0.4 is 0 Å². The number of aromatic nitrogens is 1. The molecule has 1 aromatic heterocycles. The Kier molecular flexibility index (Phi) is 3.23. The highest BCUT2D eigenvalue weighted by atomic mass is 35.5. The molecule has 1 heterocycles. The van der Waals surface area contributed by atoms with Gasteiger partial charge in [-0.1, -0.05) is 30.3 Å². The molecule has 3 heteroatoms. The highest BCUT2D eigenvalue weighted by Crippen LogP contribution is 2.42. The van der Waals surface area contributed by atoms with Crippen molar-refractivity contribution in [3.63, 3.8) is 0 Å². The summed E-state index contributed by atoms with van der Waals surface area (Å²) in [6, 6.07) is 5.90. The van der Waals surface area contributed by atoms with Gasteiger partial charge in [0, 0.05) is 22.5 Å². The fraction of sp³-hybridized carbons (Fsp3) is 0.294. The molecule has 1 aliphatic carbocycles. The van der Waals surface area contributed by atoms with Crippen LogP contribution >= 0.6 is 11.6 Å². The van der Waals surface area contributed by atoms with Gasteiger partial charge in [0.25, 0.3) is 0 Å². The van der Waals surface area contributed by atoms with E-state index < -0.39 is 5.60 Å². The fourth-order valence-corrected chi connectivity index (χ4v) is 3.49. The van der Waals surface area contributed by atoms with E-state index in [1.165, 1.54) is 5.56 Å². The molecule has 0 saturated carbocycles. The van der Waals surface area contributed by atoms with Gasteiger partial charge in [0.05, 0.1) is 5.69 Å². The number of hydrogen-bond acceptors (Lipinski definition) is 1. The van der Waals surface area contributed by atoms with Gasteiger partial charge in [0.1, 0.15) is 5.60 Å². The van der Waals surface area contributed by atoms with E-state index >= 15 is 0 Å².